The number of amides is 1. The number of nitrogens with zero attached hydrogens (tertiary/aromatic N) is 2. The second-order valence-electron chi connectivity index (χ2n) is 6.00. The summed E-state index contributed by atoms with van der Waals surface area (Å²) in [4.78, 5) is 20.5. The molecule has 1 amide bonds. The Hall–Kier alpha value is -2.29. The first-order chi connectivity index (χ1) is 13.3. The maximum Gasteiger partial charge on any atom is 0.275 e. The molecule has 0 atom stereocenters. The van der Waals surface area contributed by atoms with Crippen LogP contribution in [0.2, 0.25) is 5.02 Å². The molecule has 6 nitrogen and oxygen atoms in total. The Bertz CT molecular complexity index is 1150. The predicted octanol–water partition coefficient (Wildman–Crippen LogP) is 4.43. The summed E-state index contributed by atoms with van der Waals surface area (Å²) in [5.41, 5.74) is 1.88. The second kappa shape index (κ2) is 8.38. The predicted molar refractivity (Wildman–Crippen MR) is 111 cm³/mol. The molecule has 0 fully saturated rings. The SMILES string of the molecule is Cc1ccccc1CS(=O)(=O)c1ncc(Br)c(C(=O)Nc2cccc(Cl)c2)n1. The standard InChI is InChI=1S/C19H15BrClN3O3S/c1-12-5-2-3-6-13(12)11-28(26,27)19-22-10-16(20)17(24-19)18(25)23-15-8-4-7-14(21)9-15/h2-10H,11H2,1H3,(H,23,25). The summed E-state index contributed by atoms with van der Waals surface area (Å²) in [6, 6.07) is 13.8. The maximum absolute atomic E-state index is 12.8. The summed E-state index contributed by atoms with van der Waals surface area (Å²) in [5, 5.41) is 2.69. The normalized spacial score (nSPS) is 11.2. The third-order valence-electron chi connectivity index (χ3n) is 3.90. The van der Waals surface area contributed by atoms with Crippen molar-refractivity contribution < 1.29 is 13.2 Å². The number of carbonyl (C=O) groups excluding carboxylic acids is 1. The van der Waals surface area contributed by atoms with Gasteiger partial charge in [0.1, 0.15) is 5.69 Å². The summed E-state index contributed by atoms with van der Waals surface area (Å²) in [7, 11) is -3.83. The van der Waals surface area contributed by atoms with Gasteiger partial charge in [-0.2, -0.15) is 0 Å². The molecule has 3 aromatic rings. The van der Waals surface area contributed by atoms with E-state index in [4.69, 9.17) is 11.6 Å². The molecule has 1 N–H and O–H groups in total. The number of hydrogen-bond donors (Lipinski definition) is 1. The van der Waals surface area contributed by atoms with Crippen LogP contribution in [0.1, 0.15) is 21.6 Å². The van der Waals surface area contributed by atoms with Crippen LogP contribution in [0.15, 0.2) is 64.4 Å². The van der Waals surface area contributed by atoms with Gasteiger partial charge in [-0.3, -0.25) is 4.79 Å². The van der Waals surface area contributed by atoms with Gasteiger partial charge in [0.25, 0.3) is 5.91 Å². The molecule has 0 radical (unpaired) electrons. The Morgan fingerprint density at radius 1 is 1.18 bits per heavy atom. The lowest BCUT2D eigenvalue weighted by atomic mass is 10.1. The Labute approximate surface area is 176 Å². The number of nitrogens with one attached hydrogen (secondary N) is 1. The Kier molecular flexibility index (Phi) is 6.12. The Morgan fingerprint density at radius 2 is 1.93 bits per heavy atom. The topological polar surface area (TPSA) is 89.0 Å². The van der Waals surface area contributed by atoms with E-state index in [0.29, 0.717) is 16.3 Å². The summed E-state index contributed by atoms with van der Waals surface area (Å²) >= 11 is 9.11. The zero-order chi connectivity index (χ0) is 20.3. The zero-order valence-corrected chi connectivity index (χ0v) is 17.8. The van der Waals surface area contributed by atoms with Gasteiger partial charge in [0.15, 0.2) is 0 Å². The van der Waals surface area contributed by atoms with Crippen LogP contribution in [-0.2, 0) is 15.6 Å². The summed E-state index contributed by atoms with van der Waals surface area (Å²) < 4.78 is 25.8. The number of aromatic nitrogens is 2. The van der Waals surface area contributed by atoms with E-state index in [1.807, 2.05) is 19.1 Å². The monoisotopic (exact) mass is 479 g/mol. The van der Waals surface area contributed by atoms with Crippen LogP contribution in [0, 0.1) is 6.92 Å². The summed E-state index contributed by atoms with van der Waals surface area (Å²) in [6.45, 7) is 1.83. The van der Waals surface area contributed by atoms with Crippen molar-refractivity contribution in [3.8, 4) is 0 Å². The Morgan fingerprint density at radius 3 is 2.64 bits per heavy atom. The minimum absolute atomic E-state index is 0.0849. The van der Waals surface area contributed by atoms with Crippen LogP contribution in [-0.4, -0.2) is 24.3 Å². The van der Waals surface area contributed by atoms with Gasteiger partial charge in [-0.05, 0) is 52.2 Å². The molecule has 0 aliphatic rings. The van der Waals surface area contributed by atoms with Gasteiger partial charge in [-0.1, -0.05) is 41.9 Å². The molecule has 2 aromatic carbocycles. The molecule has 0 saturated carbocycles. The van der Waals surface area contributed by atoms with E-state index in [0.717, 1.165) is 5.56 Å². The van der Waals surface area contributed by atoms with Crippen LogP contribution in [0.4, 0.5) is 5.69 Å². The van der Waals surface area contributed by atoms with E-state index in [1.54, 1.807) is 36.4 Å². The highest BCUT2D eigenvalue weighted by Gasteiger charge is 2.23. The van der Waals surface area contributed by atoms with Crippen molar-refractivity contribution in [3.05, 3.63) is 81.0 Å². The molecule has 9 heteroatoms. The third kappa shape index (κ3) is 4.76. The van der Waals surface area contributed by atoms with Crippen molar-refractivity contribution in [1.29, 1.82) is 0 Å². The fourth-order valence-electron chi connectivity index (χ4n) is 2.46. The van der Waals surface area contributed by atoms with Gasteiger partial charge in [0.05, 0.1) is 10.2 Å². The summed E-state index contributed by atoms with van der Waals surface area (Å²) in [6.07, 6.45) is 1.25. The van der Waals surface area contributed by atoms with Gasteiger partial charge in [-0.25, -0.2) is 18.4 Å². The largest absolute Gasteiger partial charge is 0.321 e. The van der Waals surface area contributed by atoms with Gasteiger partial charge >= 0.3 is 0 Å². The minimum Gasteiger partial charge on any atom is -0.321 e. The van der Waals surface area contributed by atoms with E-state index >= 15 is 0 Å². The fourth-order valence-corrected chi connectivity index (χ4v) is 4.33. The molecule has 0 aliphatic heterocycles. The van der Waals surface area contributed by atoms with Crippen molar-refractivity contribution in [2.24, 2.45) is 0 Å². The molecular formula is C19H15BrClN3O3S. The van der Waals surface area contributed by atoms with Crippen LogP contribution in [0.3, 0.4) is 0 Å². The number of anilines is 1. The highest BCUT2D eigenvalue weighted by molar-refractivity contribution is 9.10. The lowest BCUT2D eigenvalue weighted by molar-refractivity contribution is 0.102. The van der Waals surface area contributed by atoms with E-state index in [9.17, 15) is 13.2 Å². The van der Waals surface area contributed by atoms with Crippen molar-refractivity contribution in [1.82, 2.24) is 9.97 Å². The smallest absolute Gasteiger partial charge is 0.275 e. The van der Waals surface area contributed by atoms with Crippen LogP contribution < -0.4 is 5.32 Å². The molecule has 144 valence electrons. The number of carbonyl (C=O) groups is 1. The quantitative estimate of drug-likeness (QED) is 0.546. The molecular weight excluding hydrogens is 466 g/mol. The lowest BCUT2D eigenvalue weighted by Crippen LogP contribution is -2.18. The lowest BCUT2D eigenvalue weighted by Gasteiger charge is -2.09. The average molecular weight is 481 g/mol. The number of benzene rings is 2. The molecule has 1 heterocycles. The van der Waals surface area contributed by atoms with E-state index in [-0.39, 0.29) is 15.9 Å². The highest BCUT2D eigenvalue weighted by atomic mass is 79.9. The number of sulfone groups is 1. The van der Waals surface area contributed by atoms with E-state index in [1.165, 1.54) is 6.20 Å². The summed E-state index contributed by atoms with van der Waals surface area (Å²) in [5.74, 6) is -0.833. The number of rotatable bonds is 5. The van der Waals surface area contributed by atoms with Gasteiger partial charge in [-0.15, -0.1) is 0 Å². The molecule has 0 bridgehead atoms. The molecule has 0 unspecified atom stereocenters. The van der Waals surface area contributed by atoms with E-state index < -0.39 is 20.9 Å². The van der Waals surface area contributed by atoms with Crippen molar-refractivity contribution >= 4 is 49.0 Å². The number of aryl methyl sites for hydroxylation is 1. The minimum atomic E-state index is -3.83. The van der Waals surface area contributed by atoms with Gasteiger partial charge < -0.3 is 5.32 Å². The first-order valence-electron chi connectivity index (χ1n) is 8.13. The third-order valence-corrected chi connectivity index (χ3v) is 6.16. The average Bonchev–Trinajstić information content (AvgIpc) is 2.63. The van der Waals surface area contributed by atoms with Crippen molar-refractivity contribution in [3.63, 3.8) is 0 Å². The van der Waals surface area contributed by atoms with Gasteiger partial charge in [0.2, 0.25) is 15.0 Å². The molecule has 3 rings (SSSR count). The van der Waals surface area contributed by atoms with Crippen molar-refractivity contribution in [2.45, 2.75) is 17.8 Å². The second-order valence-corrected chi connectivity index (χ2v) is 9.17. The molecule has 28 heavy (non-hydrogen) atoms. The van der Waals surface area contributed by atoms with Gasteiger partial charge in [0, 0.05) is 16.9 Å². The zero-order valence-electron chi connectivity index (χ0n) is 14.7. The molecule has 0 saturated heterocycles. The van der Waals surface area contributed by atoms with Crippen LogP contribution in [0.5, 0.6) is 0 Å². The van der Waals surface area contributed by atoms with Crippen LogP contribution >= 0.6 is 27.5 Å². The molecule has 0 aliphatic carbocycles. The maximum atomic E-state index is 12.8. The first kappa shape index (κ1) is 20.4. The number of halogens is 2. The van der Waals surface area contributed by atoms with E-state index in [2.05, 4.69) is 31.2 Å². The first-order valence-corrected chi connectivity index (χ1v) is 11.0. The van der Waals surface area contributed by atoms with Crippen LogP contribution in [0.25, 0.3) is 0 Å². The fraction of sp³-hybridized carbons (Fsp3) is 0.105. The van der Waals surface area contributed by atoms with Crippen molar-refractivity contribution in [2.75, 3.05) is 5.32 Å². The Balaban J connectivity index is 1.90. The number of hydrogen-bond acceptors (Lipinski definition) is 5. The molecule has 1 aromatic heterocycles. The highest BCUT2D eigenvalue weighted by Crippen LogP contribution is 2.21. The molecule has 0 spiro atoms.